The van der Waals surface area contributed by atoms with Gasteiger partial charge in [-0.1, -0.05) is 34.1 Å². The molecule has 0 bridgehead atoms. The maximum atomic E-state index is 5.92. The maximum Gasteiger partial charge on any atom is 0.187 e. The molecule has 2 aromatic carbocycles. The van der Waals surface area contributed by atoms with Crippen molar-refractivity contribution in [3.05, 3.63) is 70.7 Å². The number of hydrogen-bond acceptors (Lipinski definition) is 4. The van der Waals surface area contributed by atoms with Gasteiger partial charge < -0.3 is 14.8 Å². The summed E-state index contributed by atoms with van der Waals surface area (Å²) in [6, 6.07) is 13.7. The lowest BCUT2D eigenvalue weighted by atomic mass is 10.2. The van der Waals surface area contributed by atoms with Crippen LogP contribution < -0.4 is 20.2 Å². The Morgan fingerprint density at radius 3 is 2.67 bits per heavy atom. The van der Waals surface area contributed by atoms with Gasteiger partial charge in [-0.05, 0) is 60.6 Å². The van der Waals surface area contributed by atoms with E-state index in [1.165, 1.54) is 0 Å². The van der Waals surface area contributed by atoms with Gasteiger partial charge in [-0.2, -0.15) is 5.10 Å². The highest BCUT2D eigenvalue weighted by Crippen LogP contribution is 2.29. The zero-order valence-electron chi connectivity index (χ0n) is 15.1. The average molecular weight is 448 g/mol. The van der Waals surface area contributed by atoms with Crippen molar-refractivity contribution in [1.82, 2.24) is 10.7 Å². The summed E-state index contributed by atoms with van der Waals surface area (Å²) in [7, 11) is 0. The predicted octanol–water partition coefficient (Wildman–Crippen LogP) is 4.41. The minimum Gasteiger partial charge on any atom is -0.490 e. The minimum absolute atomic E-state index is 0.436. The molecule has 0 spiro atoms. The summed E-state index contributed by atoms with van der Waals surface area (Å²) in [5, 5.41) is 7.49. The monoisotopic (exact) mass is 447 g/mol. The second-order valence-electron chi connectivity index (χ2n) is 5.42. The van der Waals surface area contributed by atoms with Gasteiger partial charge in [0.25, 0.3) is 0 Å². The lowest BCUT2D eigenvalue weighted by molar-refractivity contribution is 0.269. The smallest absolute Gasteiger partial charge is 0.187 e. The molecule has 0 heterocycles. The molecule has 0 aliphatic rings. The molecule has 0 fully saturated rings. The van der Waals surface area contributed by atoms with Crippen LogP contribution in [0.2, 0.25) is 0 Å². The number of nitrogens with one attached hydrogen (secondary N) is 2. The molecule has 142 valence electrons. The van der Waals surface area contributed by atoms with Crippen LogP contribution in [0.4, 0.5) is 0 Å². The van der Waals surface area contributed by atoms with Crippen molar-refractivity contribution in [3.8, 4) is 11.5 Å². The average Bonchev–Trinajstić information content (AvgIpc) is 2.67. The number of ether oxygens (including phenoxy) is 2. The molecule has 0 aliphatic heterocycles. The summed E-state index contributed by atoms with van der Waals surface area (Å²) in [6.07, 6.45) is 3.39. The number of halogens is 1. The number of hydrogen-bond donors (Lipinski definition) is 2. The van der Waals surface area contributed by atoms with Crippen molar-refractivity contribution in [1.29, 1.82) is 0 Å². The number of hydrazone groups is 1. The maximum absolute atomic E-state index is 5.92. The van der Waals surface area contributed by atoms with Gasteiger partial charge in [0, 0.05) is 11.0 Å². The van der Waals surface area contributed by atoms with Crippen molar-refractivity contribution in [2.45, 2.75) is 13.5 Å². The molecule has 0 aliphatic carbocycles. The second kappa shape index (κ2) is 11.4. The third-order valence-electron chi connectivity index (χ3n) is 3.36. The Labute approximate surface area is 173 Å². The van der Waals surface area contributed by atoms with Gasteiger partial charge in [0.1, 0.15) is 6.61 Å². The molecule has 2 rings (SSSR count). The van der Waals surface area contributed by atoms with Gasteiger partial charge in [0.05, 0.1) is 12.8 Å². The number of benzene rings is 2. The first-order valence-electron chi connectivity index (χ1n) is 8.44. The minimum atomic E-state index is 0.436. The van der Waals surface area contributed by atoms with Crippen LogP contribution in [0.1, 0.15) is 18.1 Å². The van der Waals surface area contributed by atoms with Crippen LogP contribution in [-0.2, 0) is 6.61 Å². The van der Waals surface area contributed by atoms with E-state index in [9.17, 15) is 0 Å². The van der Waals surface area contributed by atoms with Crippen LogP contribution >= 0.6 is 28.1 Å². The fourth-order valence-corrected chi connectivity index (χ4v) is 2.50. The van der Waals surface area contributed by atoms with E-state index in [2.05, 4.69) is 38.4 Å². The van der Waals surface area contributed by atoms with Gasteiger partial charge in [-0.3, -0.25) is 5.43 Å². The van der Waals surface area contributed by atoms with E-state index < -0.39 is 0 Å². The molecule has 0 saturated carbocycles. The first-order valence-corrected chi connectivity index (χ1v) is 9.64. The summed E-state index contributed by atoms with van der Waals surface area (Å²) >= 11 is 8.51. The summed E-state index contributed by atoms with van der Waals surface area (Å²) in [5.41, 5.74) is 4.70. The molecule has 2 N–H and O–H groups in total. The van der Waals surface area contributed by atoms with E-state index in [1.807, 2.05) is 49.4 Å². The molecular formula is C20H22BrN3O2S. The van der Waals surface area contributed by atoms with Crippen molar-refractivity contribution in [2.24, 2.45) is 5.10 Å². The molecule has 0 atom stereocenters. The lowest BCUT2D eigenvalue weighted by Crippen LogP contribution is -2.31. The Hall–Kier alpha value is -2.38. The van der Waals surface area contributed by atoms with Gasteiger partial charge >= 0.3 is 0 Å². The molecule has 7 heteroatoms. The van der Waals surface area contributed by atoms with Crippen LogP contribution in [0.3, 0.4) is 0 Å². The molecule has 0 aromatic heterocycles. The van der Waals surface area contributed by atoms with Gasteiger partial charge in [-0.15, -0.1) is 6.58 Å². The van der Waals surface area contributed by atoms with E-state index in [0.717, 1.165) is 15.6 Å². The Bertz CT molecular complexity index is 794. The third kappa shape index (κ3) is 7.40. The zero-order valence-corrected chi connectivity index (χ0v) is 17.5. The van der Waals surface area contributed by atoms with Crippen LogP contribution in [0.25, 0.3) is 0 Å². The Morgan fingerprint density at radius 1 is 1.19 bits per heavy atom. The molecule has 0 radical (unpaired) electrons. The molecular weight excluding hydrogens is 426 g/mol. The summed E-state index contributed by atoms with van der Waals surface area (Å²) in [6.45, 7) is 7.15. The van der Waals surface area contributed by atoms with E-state index in [-0.39, 0.29) is 0 Å². The highest BCUT2D eigenvalue weighted by atomic mass is 79.9. The highest BCUT2D eigenvalue weighted by Gasteiger charge is 2.06. The lowest BCUT2D eigenvalue weighted by Gasteiger charge is -2.12. The Balaban J connectivity index is 2.01. The van der Waals surface area contributed by atoms with Gasteiger partial charge in [0.15, 0.2) is 16.6 Å². The topological polar surface area (TPSA) is 54.9 Å². The summed E-state index contributed by atoms with van der Waals surface area (Å²) in [5.74, 6) is 1.36. The molecule has 2 aromatic rings. The summed E-state index contributed by atoms with van der Waals surface area (Å²) in [4.78, 5) is 0. The fourth-order valence-electron chi connectivity index (χ4n) is 2.10. The molecule has 0 unspecified atom stereocenters. The van der Waals surface area contributed by atoms with Crippen molar-refractivity contribution >= 4 is 39.5 Å². The standard InChI is InChI=1S/C20H22BrN3O2S/c1-3-11-22-20(27)24-23-13-16-7-10-18(19(12-16)25-4-2)26-14-15-5-8-17(21)9-6-15/h3,5-10,12-13H,1,4,11,14H2,2H3,(H2,22,24,27). The number of nitrogens with zero attached hydrogens (tertiary/aromatic N) is 1. The van der Waals surface area contributed by atoms with Crippen LogP contribution in [0.15, 0.2) is 64.7 Å². The van der Waals surface area contributed by atoms with Crippen molar-refractivity contribution in [3.63, 3.8) is 0 Å². The Kier molecular flexibility index (Phi) is 8.80. The van der Waals surface area contributed by atoms with Crippen molar-refractivity contribution in [2.75, 3.05) is 13.2 Å². The third-order valence-corrected chi connectivity index (χ3v) is 4.13. The van der Waals surface area contributed by atoms with Gasteiger partial charge in [0.2, 0.25) is 0 Å². The predicted molar refractivity (Wildman–Crippen MR) is 118 cm³/mol. The first kappa shape index (κ1) is 20.9. The SMILES string of the molecule is C=CCNC(=S)NN=Cc1ccc(OCc2ccc(Br)cc2)c(OCC)c1. The molecule has 0 saturated heterocycles. The quantitative estimate of drug-likeness (QED) is 0.258. The van der Waals surface area contributed by atoms with E-state index in [0.29, 0.717) is 36.4 Å². The van der Waals surface area contributed by atoms with Crippen LogP contribution in [-0.4, -0.2) is 24.5 Å². The van der Waals surface area contributed by atoms with E-state index in [4.69, 9.17) is 21.7 Å². The largest absolute Gasteiger partial charge is 0.490 e. The van der Waals surface area contributed by atoms with E-state index >= 15 is 0 Å². The highest BCUT2D eigenvalue weighted by molar-refractivity contribution is 9.10. The van der Waals surface area contributed by atoms with Gasteiger partial charge in [-0.25, -0.2) is 0 Å². The molecule has 5 nitrogen and oxygen atoms in total. The first-order chi connectivity index (χ1) is 13.1. The number of rotatable bonds is 9. The summed E-state index contributed by atoms with van der Waals surface area (Å²) < 4.78 is 12.7. The second-order valence-corrected chi connectivity index (χ2v) is 6.75. The Morgan fingerprint density at radius 2 is 1.96 bits per heavy atom. The fraction of sp³-hybridized carbons (Fsp3) is 0.200. The molecule has 27 heavy (non-hydrogen) atoms. The van der Waals surface area contributed by atoms with Crippen molar-refractivity contribution < 1.29 is 9.47 Å². The molecule has 0 amide bonds. The number of thiocarbonyl (C=S) groups is 1. The van der Waals surface area contributed by atoms with E-state index in [1.54, 1.807) is 12.3 Å². The van der Waals surface area contributed by atoms with Crippen LogP contribution in [0.5, 0.6) is 11.5 Å². The normalized spacial score (nSPS) is 10.4. The zero-order chi connectivity index (χ0) is 19.5. The van der Waals surface area contributed by atoms with Crippen LogP contribution in [0, 0.1) is 0 Å².